The van der Waals surface area contributed by atoms with E-state index in [1.54, 1.807) is 0 Å². The molecule has 1 aromatic carbocycles. The summed E-state index contributed by atoms with van der Waals surface area (Å²) in [5, 5.41) is 0. The van der Waals surface area contributed by atoms with Gasteiger partial charge < -0.3 is 4.42 Å². The SMILES string of the molecule is Cc1ccc(C(Br)c2c(C)c(C)c(C)c(C)c2C)o1. The third-order valence-corrected chi connectivity index (χ3v) is 5.23. The fourth-order valence-electron chi connectivity index (χ4n) is 2.64. The van der Waals surface area contributed by atoms with Crippen molar-refractivity contribution in [3.8, 4) is 0 Å². The van der Waals surface area contributed by atoms with E-state index in [1.807, 2.05) is 13.0 Å². The van der Waals surface area contributed by atoms with Crippen LogP contribution in [0.2, 0.25) is 0 Å². The first kappa shape index (κ1) is 14.4. The summed E-state index contributed by atoms with van der Waals surface area (Å²) in [5.74, 6) is 1.93. The maximum atomic E-state index is 5.77. The van der Waals surface area contributed by atoms with E-state index >= 15 is 0 Å². The molecular weight excluding hydrogens is 300 g/mol. The highest BCUT2D eigenvalue weighted by atomic mass is 79.9. The molecule has 1 nitrogen and oxygen atoms in total. The van der Waals surface area contributed by atoms with Crippen LogP contribution in [0.15, 0.2) is 16.5 Å². The van der Waals surface area contributed by atoms with Crippen molar-refractivity contribution in [1.29, 1.82) is 0 Å². The van der Waals surface area contributed by atoms with E-state index in [1.165, 1.54) is 33.4 Å². The second kappa shape index (κ2) is 5.16. The average Bonchev–Trinajstić information content (AvgIpc) is 2.81. The molecule has 2 aromatic rings. The van der Waals surface area contributed by atoms with Crippen molar-refractivity contribution in [3.63, 3.8) is 0 Å². The molecule has 1 atom stereocenters. The molecule has 0 spiro atoms. The molecule has 1 unspecified atom stereocenters. The van der Waals surface area contributed by atoms with E-state index < -0.39 is 0 Å². The number of aryl methyl sites for hydroxylation is 1. The molecule has 0 radical (unpaired) electrons. The third-order valence-electron chi connectivity index (χ3n) is 4.32. The zero-order valence-corrected chi connectivity index (χ0v) is 14.1. The first-order valence-electron chi connectivity index (χ1n) is 6.61. The number of hydrogen-bond acceptors (Lipinski definition) is 1. The van der Waals surface area contributed by atoms with Gasteiger partial charge in [0, 0.05) is 0 Å². The number of hydrogen-bond donors (Lipinski definition) is 0. The predicted molar refractivity (Wildman–Crippen MR) is 84.3 cm³/mol. The zero-order valence-electron chi connectivity index (χ0n) is 12.5. The number of alkyl halides is 1. The molecule has 19 heavy (non-hydrogen) atoms. The van der Waals surface area contributed by atoms with Gasteiger partial charge in [-0.2, -0.15) is 0 Å². The Labute approximate surface area is 124 Å². The van der Waals surface area contributed by atoms with Crippen LogP contribution in [-0.4, -0.2) is 0 Å². The van der Waals surface area contributed by atoms with Crippen LogP contribution in [0.4, 0.5) is 0 Å². The summed E-state index contributed by atoms with van der Waals surface area (Å²) in [4.78, 5) is 0.124. The first-order chi connectivity index (χ1) is 8.84. The lowest BCUT2D eigenvalue weighted by Gasteiger charge is -2.21. The fourth-order valence-corrected chi connectivity index (χ4v) is 3.57. The van der Waals surface area contributed by atoms with Crippen molar-refractivity contribution in [3.05, 3.63) is 57.0 Å². The van der Waals surface area contributed by atoms with Crippen LogP contribution in [-0.2, 0) is 0 Å². The largest absolute Gasteiger partial charge is 0.465 e. The lowest BCUT2D eigenvalue weighted by Crippen LogP contribution is -2.05. The molecule has 0 saturated heterocycles. The second-order valence-corrected chi connectivity index (χ2v) is 6.27. The number of benzene rings is 1. The Morgan fingerprint density at radius 2 is 1.26 bits per heavy atom. The van der Waals surface area contributed by atoms with Gasteiger partial charge in [0.15, 0.2) is 0 Å². The van der Waals surface area contributed by atoms with Gasteiger partial charge in [0.25, 0.3) is 0 Å². The van der Waals surface area contributed by atoms with Crippen LogP contribution in [0.5, 0.6) is 0 Å². The molecule has 0 fully saturated rings. The first-order valence-corrected chi connectivity index (χ1v) is 7.53. The maximum absolute atomic E-state index is 5.77. The Bertz CT molecular complexity index is 593. The monoisotopic (exact) mass is 320 g/mol. The summed E-state index contributed by atoms with van der Waals surface area (Å²) < 4.78 is 5.77. The number of furan rings is 1. The van der Waals surface area contributed by atoms with Crippen LogP contribution in [0.3, 0.4) is 0 Å². The summed E-state index contributed by atoms with van der Waals surface area (Å²) in [7, 11) is 0. The molecule has 0 aliphatic heterocycles. The van der Waals surface area contributed by atoms with E-state index in [0.29, 0.717) is 0 Å². The standard InChI is InChI=1S/C17H21BrO/c1-9-7-8-15(19-9)17(18)16-13(5)11(3)10(2)12(4)14(16)6/h7-8,17H,1-6H3. The molecule has 0 N–H and O–H groups in total. The molecule has 2 heteroatoms. The molecule has 102 valence electrons. The van der Waals surface area contributed by atoms with E-state index in [9.17, 15) is 0 Å². The van der Waals surface area contributed by atoms with E-state index in [0.717, 1.165) is 11.5 Å². The molecule has 1 aromatic heterocycles. The van der Waals surface area contributed by atoms with Crippen molar-refractivity contribution in [2.24, 2.45) is 0 Å². The topological polar surface area (TPSA) is 13.1 Å². The molecule has 0 aliphatic carbocycles. The highest BCUT2D eigenvalue weighted by molar-refractivity contribution is 9.09. The van der Waals surface area contributed by atoms with E-state index in [2.05, 4.69) is 56.6 Å². The molecule has 2 rings (SSSR count). The van der Waals surface area contributed by atoms with Crippen LogP contribution in [0.25, 0.3) is 0 Å². The van der Waals surface area contributed by atoms with Gasteiger partial charge in [0.2, 0.25) is 0 Å². The van der Waals surface area contributed by atoms with Crippen molar-refractivity contribution in [1.82, 2.24) is 0 Å². The molecule has 1 heterocycles. The zero-order chi connectivity index (χ0) is 14.3. The predicted octanol–water partition coefficient (Wildman–Crippen LogP) is 5.61. The van der Waals surface area contributed by atoms with Crippen LogP contribution in [0.1, 0.15) is 49.7 Å². The lowest BCUT2D eigenvalue weighted by molar-refractivity contribution is 0.491. The maximum Gasteiger partial charge on any atom is 0.122 e. The van der Waals surface area contributed by atoms with Gasteiger partial charge in [-0.1, -0.05) is 15.9 Å². The Morgan fingerprint density at radius 1 is 0.789 bits per heavy atom. The average molecular weight is 321 g/mol. The fraction of sp³-hybridized carbons (Fsp3) is 0.412. The third kappa shape index (κ3) is 2.38. The molecular formula is C17H21BrO. The summed E-state index contributed by atoms with van der Waals surface area (Å²) in [6.45, 7) is 13.0. The normalized spacial score (nSPS) is 12.8. The Hall–Kier alpha value is -1.02. The van der Waals surface area contributed by atoms with Gasteiger partial charge in [-0.05, 0) is 87.1 Å². The van der Waals surface area contributed by atoms with Crippen LogP contribution >= 0.6 is 15.9 Å². The summed E-state index contributed by atoms with van der Waals surface area (Å²) >= 11 is 3.81. The molecule has 0 aliphatic rings. The number of halogens is 1. The van der Waals surface area contributed by atoms with Gasteiger partial charge in [-0.15, -0.1) is 0 Å². The summed E-state index contributed by atoms with van der Waals surface area (Å²) in [6.07, 6.45) is 0. The highest BCUT2D eigenvalue weighted by Crippen LogP contribution is 2.39. The lowest BCUT2D eigenvalue weighted by atomic mass is 9.88. The van der Waals surface area contributed by atoms with Gasteiger partial charge >= 0.3 is 0 Å². The Morgan fingerprint density at radius 3 is 1.68 bits per heavy atom. The van der Waals surface area contributed by atoms with Crippen LogP contribution in [0, 0.1) is 41.5 Å². The summed E-state index contributed by atoms with van der Waals surface area (Å²) in [5.41, 5.74) is 8.22. The van der Waals surface area contributed by atoms with Crippen molar-refractivity contribution >= 4 is 15.9 Å². The molecule has 0 saturated carbocycles. The minimum Gasteiger partial charge on any atom is -0.465 e. The Balaban J connectivity index is 2.63. The minimum absolute atomic E-state index is 0.124. The summed E-state index contributed by atoms with van der Waals surface area (Å²) in [6, 6.07) is 4.07. The smallest absolute Gasteiger partial charge is 0.122 e. The van der Waals surface area contributed by atoms with Crippen molar-refractivity contribution in [2.75, 3.05) is 0 Å². The quantitative estimate of drug-likeness (QED) is 0.655. The number of rotatable bonds is 2. The minimum atomic E-state index is 0.124. The molecule has 0 bridgehead atoms. The van der Waals surface area contributed by atoms with E-state index in [-0.39, 0.29) is 4.83 Å². The van der Waals surface area contributed by atoms with Crippen LogP contribution < -0.4 is 0 Å². The van der Waals surface area contributed by atoms with Gasteiger partial charge in [0.1, 0.15) is 11.5 Å². The van der Waals surface area contributed by atoms with Gasteiger partial charge in [0.05, 0.1) is 4.83 Å². The second-order valence-electron chi connectivity index (χ2n) is 5.35. The van der Waals surface area contributed by atoms with E-state index in [4.69, 9.17) is 4.42 Å². The van der Waals surface area contributed by atoms with Gasteiger partial charge in [-0.25, -0.2) is 0 Å². The highest BCUT2D eigenvalue weighted by Gasteiger charge is 2.21. The Kier molecular flexibility index (Phi) is 3.91. The molecule has 0 amide bonds. The van der Waals surface area contributed by atoms with Gasteiger partial charge in [-0.3, -0.25) is 0 Å². The van der Waals surface area contributed by atoms with Crippen molar-refractivity contribution < 1.29 is 4.42 Å². The van der Waals surface area contributed by atoms with Crippen molar-refractivity contribution in [2.45, 2.75) is 46.4 Å².